The van der Waals surface area contributed by atoms with Crippen molar-refractivity contribution < 1.29 is 4.79 Å². The van der Waals surface area contributed by atoms with E-state index in [1.54, 1.807) is 0 Å². The Labute approximate surface area is 110 Å². The number of benzene rings is 1. The molecule has 96 valence electrons. The van der Waals surface area contributed by atoms with Crippen molar-refractivity contribution in [2.75, 3.05) is 0 Å². The summed E-state index contributed by atoms with van der Waals surface area (Å²) in [4.78, 5) is 22.1. The van der Waals surface area contributed by atoms with Gasteiger partial charge < -0.3 is 0 Å². The zero-order valence-corrected chi connectivity index (χ0v) is 10.5. The van der Waals surface area contributed by atoms with Gasteiger partial charge in [-0.15, -0.1) is 0 Å². The molecule has 0 amide bonds. The highest BCUT2D eigenvalue weighted by Crippen LogP contribution is 2.26. The monoisotopic (exact) mass is 254 g/mol. The Hall–Kier alpha value is -2.23. The summed E-state index contributed by atoms with van der Waals surface area (Å²) in [7, 11) is 0. The normalized spacial score (nSPS) is 13.9. The van der Waals surface area contributed by atoms with E-state index in [1.165, 1.54) is 30.0 Å². The highest BCUT2D eigenvalue weighted by Gasteiger charge is 2.11. The SMILES string of the molecule is O=Cc1cc(-c2ccc3c(c2)CCCC3)n[nH]c1=O. The van der Waals surface area contributed by atoms with Crippen molar-refractivity contribution in [3.05, 3.63) is 51.3 Å². The molecule has 1 aromatic heterocycles. The van der Waals surface area contributed by atoms with Crippen molar-refractivity contribution in [2.45, 2.75) is 25.7 Å². The van der Waals surface area contributed by atoms with Crippen molar-refractivity contribution in [2.24, 2.45) is 0 Å². The standard InChI is InChI=1S/C15H14N2O2/c18-9-13-8-14(16-17-15(13)19)12-6-5-10-3-1-2-4-11(10)7-12/h5-9H,1-4H2,(H,17,19). The molecule has 0 fully saturated rings. The minimum Gasteiger partial charge on any atom is -0.298 e. The molecule has 1 heterocycles. The Balaban J connectivity index is 2.07. The maximum Gasteiger partial charge on any atom is 0.274 e. The number of nitrogens with one attached hydrogen (secondary N) is 1. The first-order valence-electron chi connectivity index (χ1n) is 6.45. The fraction of sp³-hybridized carbons (Fsp3) is 0.267. The Morgan fingerprint density at radius 2 is 1.89 bits per heavy atom. The summed E-state index contributed by atoms with van der Waals surface area (Å²) in [5, 5.41) is 6.37. The van der Waals surface area contributed by atoms with E-state index in [2.05, 4.69) is 22.3 Å². The predicted molar refractivity (Wildman–Crippen MR) is 72.3 cm³/mol. The zero-order chi connectivity index (χ0) is 13.2. The van der Waals surface area contributed by atoms with Crippen LogP contribution in [0.1, 0.15) is 34.3 Å². The van der Waals surface area contributed by atoms with Crippen LogP contribution in [0.4, 0.5) is 0 Å². The maximum absolute atomic E-state index is 11.3. The first-order valence-corrected chi connectivity index (χ1v) is 6.45. The van der Waals surface area contributed by atoms with E-state index in [-0.39, 0.29) is 5.56 Å². The average Bonchev–Trinajstić information content (AvgIpc) is 2.47. The second kappa shape index (κ2) is 4.80. The molecule has 0 saturated heterocycles. The van der Waals surface area contributed by atoms with Crippen LogP contribution in [0.5, 0.6) is 0 Å². The van der Waals surface area contributed by atoms with Gasteiger partial charge in [0.15, 0.2) is 6.29 Å². The van der Waals surface area contributed by atoms with Gasteiger partial charge in [-0.3, -0.25) is 9.59 Å². The van der Waals surface area contributed by atoms with Gasteiger partial charge >= 0.3 is 0 Å². The molecule has 2 aromatic rings. The van der Waals surface area contributed by atoms with E-state index >= 15 is 0 Å². The lowest BCUT2D eigenvalue weighted by molar-refractivity contribution is 0.112. The molecule has 4 nitrogen and oxygen atoms in total. The van der Waals surface area contributed by atoms with Gasteiger partial charge in [-0.25, -0.2) is 5.10 Å². The molecular formula is C15H14N2O2. The van der Waals surface area contributed by atoms with Gasteiger partial charge in [0.1, 0.15) is 0 Å². The van der Waals surface area contributed by atoms with E-state index in [0.717, 1.165) is 18.4 Å². The van der Waals surface area contributed by atoms with Crippen LogP contribution < -0.4 is 5.56 Å². The minimum atomic E-state index is -0.447. The molecule has 0 unspecified atom stereocenters. The number of hydrogen-bond donors (Lipinski definition) is 1. The molecular weight excluding hydrogens is 240 g/mol. The predicted octanol–water partition coefficient (Wildman–Crippen LogP) is 2.13. The number of hydrogen-bond acceptors (Lipinski definition) is 3. The van der Waals surface area contributed by atoms with E-state index < -0.39 is 5.56 Å². The molecule has 0 atom stereocenters. The molecule has 1 aliphatic carbocycles. The van der Waals surface area contributed by atoms with E-state index in [9.17, 15) is 9.59 Å². The lowest BCUT2D eigenvalue weighted by Crippen LogP contribution is -2.13. The van der Waals surface area contributed by atoms with Crippen molar-refractivity contribution in [1.82, 2.24) is 10.2 Å². The highest BCUT2D eigenvalue weighted by atomic mass is 16.1. The Kier molecular flexibility index (Phi) is 2.99. The fourth-order valence-electron chi connectivity index (χ4n) is 2.55. The van der Waals surface area contributed by atoms with Gasteiger partial charge in [0, 0.05) is 5.56 Å². The third-order valence-corrected chi connectivity index (χ3v) is 3.60. The van der Waals surface area contributed by atoms with Gasteiger partial charge in [-0.2, -0.15) is 5.10 Å². The van der Waals surface area contributed by atoms with Gasteiger partial charge in [0.25, 0.3) is 5.56 Å². The number of carbonyl (C=O) groups is 1. The molecule has 4 heteroatoms. The highest BCUT2D eigenvalue weighted by molar-refractivity contribution is 5.76. The number of H-pyrrole nitrogens is 1. The summed E-state index contributed by atoms with van der Waals surface area (Å²) < 4.78 is 0. The summed E-state index contributed by atoms with van der Waals surface area (Å²) in [6.45, 7) is 0. The van der Waals surface area contributed by atoms with Gasteiger partial charge in [0.05, 0.1) is 11.3 Å². The van der Waals surface area contributed by atoms with Gasteiger partial charge in [-0.05, 0) is 48.9 Å². The van der Waals surface area contributed by atoms with Crippen LogP contribution in [-0.4, -0.2) is 16.5 Å². The Morgan fingerprint density at radius 1 is 1.11 bits per heavy atom. The molecule has 19 heavy (non-hydrogen) atoms. The summed E-state index contributed by atoms with van der Waals surface area (Å²) >= 11 is 0. The molecule has 1 aromatic carbocycles. The minimum absolute atomic E-state index is 0.114. The smallest absolute Gasteiger partial charge is 0.274 e. The van der Waals surface area contributed by atoms with Crippen LogP contribution in [0.15, 0.2) is 29.1 Å². The molecule has 3 rings (SSSR count). The number of nitrogens with zero attached hydrogens (tertiary/aromatic N) is 1. The van der Waals surface area contributed by atoms with Crippen molar-refractivity contribution in [3.8, 4) is 11.3 Å². The van der Waals surface area contributed by atoms with E-state index in [1.807, 2.05) is 6.07 Å². The van der Waals surface area contributed by atoms with Crippen LogP contribution in [0, 0.1) is 0 Å². The molecule has 0 aliphatic heterocycles. The van der Waals surface area contributed by atoms with Crippen LogP contribution in [0.25, 0.3) is 11.3 Å². The quantitative estimate of drug-likeness (QED) is 0.835. The van der Waals surface area contributed by atoms with Gasteiger partial charge in [0.2, 0.25) is 0 Å². The molecule has 1 N–H and O–H groups in total. The van der Waals surface area contributed by atoms with Gasteiger partial charge in [-0.1, -0.05) is 12.1 Å². The number of carbonyl (C=O) groups excluding carboxylic acids is 1. The fourth-order valence-corrected chi connectivity index (χ4v) is 2.55. The zero-order valence-electron chi connectivity index (χ0n) is 10.5. The van der Waals surface area contributed by atoms with E-state index in [0.29, 0.717) is 12.0 Å². The van der Waals surface area contributed by atoms with Crippen LogP contribution in [-0.2, 0) is 12.8 Å². The number of aryl methyl sites for hydroxylation is 2. The largest absolute Gasteiger partial charge is 0.298 e. The third kappa shape index (κ3) is 2.21. The van der Waals surface area contributed by atoms with Crippen LogP contribution in [0.3, 0.4) is 0 Å². The molecule has 0 radical (unpaired) electrons. The second-order valence-corrected chi connectivity index (χ2v) is 4.85. The number of aromatic amines is 1. The summed E-state index contributed by atoms with van der Waals surface area (Å²) in [6.07, 6.45) is 5.25. The van der Waals surface area contributed by atoms with Crippen molar-refractivity contribution >= 4 is 6.29 Å². The van der Waals surface area contributed by atoms with Crippen molar-refractivity contribution in [1.29, 1.82) is 0 Å². The second-order valence-electron chi connectivity index (χ2n) is 4.85. The topological polar surface area (TPSA) is 62.8 Å². The van der Waals surface area contributed by atoms with Crippen LogP contribution in [0.2, 0.25) is 0 Å². The molecule has 1 aliphatic rings. The number of aldehydes is 1. The molecule has 0 saturated carbocycles. The summed E-state index contributed by atoms with van der Waals surface area (Å²) in [5.74, 6) is 0. The lowest BCUT2D eigenvalue weighted by Gasteiger charge is -2.16. The van der Waals surface area contributed by atoms with E-state index in [4.69, 9.17) is 0 Å². The average molecular weight is 254 g/mol. The number of fused-ring (bicyclic) bond motifs is 1. The van der Waals surface area contributed by atoms with Crippen LogP contribution >= 0.6 is 0 Å². The molecule has 0 bridgehead atoms. The number of rotatable bonds is 2. The summed E-state index contributed by atoms with van der Waals surface area (Å²) in [5.41, 5.74) is 3.99. The van der Waals surface area contributed by atoms with Crippen molar-refractivity contribution in [3.63, 3.8) is 0 Å². The lowest BCUT2D eigenvalue weighted by atomic mass is 9.90. The third-order valence-electron chi connectivity index (χ3n) is 3.60. The first-order chi connectivity index (χ1) is 9.28. The Morgan fingerprint density at radius 3 is 2.68 bits per heavy atom. The molecule has 0 spiro atoms. The number of aromatic nitrogens is 2. The Bertz CT molecular complexity index is 689. The summed E-state index contributed by atoms with van der Waals surface area (Å²) in [6, 6.07) is 7.77. The maximum atomic E-state index is 11.3. The first kappa shape index (κ1) is 11.8.